The number of carbonyl (C=O) groups is 3. The van der Waals surface area contributed by atoms with Crippen molar-refractivity contribution in [3.8, 4) is 0 Å². The molecule has 1 aromatic rings. The normalized spacial score (nSPS) is 28.0. The van der Waals surface area contributed by atoms with Crippen molar-refractivity contribution in [1.29, 1.82) is 0 Å². The molecule has 150 valence electrons. The summed E-state index contributed by atoms with van der Waals surface area (Å²) >= 11 is 0. The molecule has 4 rings (SSSR count). The number of carbonyl (C=O) groups excluding carboxylic acids is 3. The molecular weight excluding hydrogens is 360 g/mol. The molecule has 4 N–H and O–H groups in total. The van der Waals surface area contributed by atoms with Gasteiger partial charge in [0.15, 0.2) is 0 Å². The largest absolute Gasteiger partial charge is 0.396 e. The first-order valence-corrected chi connectivity index (χ1v) is 9.81. The summed E-state index contributed by atoms with van der Waals surface area (Å²) in [6.07, 6.45) is 1.34. The van der Waals surface area contributed by atoms with Gasteiger partial charge in [0.05, 0.1) is 0 Å². The molecular formula is C20H26N4O4. The first-order valence-electron chi connectivity index (χ1n) is 9.81. The number of fused-ring (bicyclic) bond motifs is 1. The van der Waals surface area contributed by atoms with Crippen LogP contribution in [0.2, 0.25) is 0 Å². The van der Waals surface area contributed by atoms with Crippen molar-refractivity contribution in [1.82, 2.24) is 15.1 Å². The maximum absolute atomic E-state index is 12.9. The number of hydrogen-bond acceptors (Lipinski definition) is 6. The topological polar surface area (TPSA) is 116 Å². The Balaban J connectivity index is 1.45. The Labute approximate surface area is 163 Å². The minimum absolute atomic E-state index is 0.0613. The fraction of sp³-hybridized carbons (Fsp3) is 0.550. The summed E-state index contributed by atoms with van der Waals surface area (Å²) in [6, 6.07) is 5.36. The SMILES string of the molecule is N[C@@H]1CN(Cc2ccc3c(c2)C(=O)N(C2CCC(=O)NC2=O)C3)C[C@H]1CCO. The molecule has 0 bridgehead atoms. The van der Waals surface area contributed by atoms with Gasteiger partial charge in [0.1, 0.15) is 6.04 Å². The Morgan fingerprint density at radius 1 is 1.21 bits per heavy atom. The van der Waals surface area contributed by atoms with E-state index in [0.29, 0.717) is 37.4 Å². The zero-order valence-electron chi connectivity index (χ0n) is 15.8. The van der Waals surface area contributed by atoms with Crippen molar-refractivity contribution >= 4 is 17.7 Å². The third-order valence-electron chi connectivity index (χ3n) is 6.07. The molecule has 3 amide bonds. The van der Waals surface area contributed by atoms with Gasteiger partial charge in [-0.15, -0.1) is 0 Å². The van der Waals surface area contributed by atoms with Crippen LogP contribution in [0, 0.1) is 5.92 Å². The molecule has 3 atom stereocenters. The van der Waals surface area contributed by atoms with Gasteiger partial charge in [0.25, 0.3) is 5.91 Å². The number of rotatable bonds is 5. The fourth-order valence-corrected chi connectivity index (χ4v) is 4.55. The second-order valence-electron chi connectivity index (χ2n) is 8.02. The smallest absolute Gasteiger partial charge is 0.255 e. The average Bonchev–Trinajstić information content (AvgIpc) is 3.16. The number of nitrogens with zero attached hydrogens (tertiary/aromatic N) is 2. The average molecular weight is 386 g/mol. The van der Waals surface area contributed by atoms with E-state index in [4.69, 9.17) is 10.8 Å². The van der Waals surface area contributed by atoms with Crippen LogP contribution in [0.4, 0.5) is 0 Å². The molecule has 8 heteroatoms. The number of nitrogens with one attached hydrogen (secondary N) is 1. The van der Waals surface area contributed by atoms with Crippen molar-refractivity contribution in [3.05, 3.63) is 34.9 Å². The fourth-order valence-electron chi connectivity index (χ4n) is 4.55. The maximum Gasteiger partial charge on any atom is 0.255 e. The highest BCUT2D eigenvalue weighted by molar-refractivity contribution is 6.05. The van der Waals surface area contributed by atoms with E-state index >= 15 is 0 Å². The second kappa shape index (κ2) is 7.62. The summed E-state index contributed by atoms with van der Waals surface area (Å²) in [7, 11) is 0. The van der Waals surface area contributed by atoms with E-state index in [1.807, 2.05) is 18.2 Å². The highest BCUT2D eigenvalue weighted by atomic mass is 16.3. The molecule has 1 aromatic carbocycles. The molecule has 0 saturated carbocycles. The predicted octanol–water partition coefficient (Wildman–Crippen LogP) is -0.411. The number of hydrogen-bond donors (Lipinski definition) is 3. The lowest BCUT2D eigenvalue weighted by atomic mass is 10.0. The maximum atomic E-state index is 12.9. The predicted molar refractivity (Wildman–Crippen MR) is 101 cm³/mol. The zero-order valence-corrected chi connectivity index (χ0v) is 15.8. The van der Waals surface area contributed by atoms with Gasteiger partial charge >= 0.3 is 0 Å². The van der Waals surface area contributed by atoms with Crippen LogP contribution in [0.1, 0.15) is 40.7 Å². The molecule has 0 aromatic heterocycles. The highest BCUT2D eigenvalue weighted by Crippen LogP contribution is 2.29. The number of piperidine rings is 1. The van der Waals surface area contributed by atoms with Gasteiger partial charge in [-0.05, 0) is 36.0 Å². The Hall–Kier alpha value is -2.29. The van der Waals surface area contributed by atoms with Gasteiger partial charge in [0.2, 0.25) is 11.8 Å². The lowest BCUT2D eigenvalue weighted by molar-refractivity contribution is -0.136. The van der Waals surface area contributed by atoms with E-state index in [2.05, 4.69) is 10.2 Å². The Bertz CT molecular complexity index is 811. The molecule has 0 radical (unpaired) electrons. The monoisotopic (exact) mass is 386 g/mol. The molecule has 0 spiro atoms. The molecule has 2 fully saturated rings. The molecule has 3 heterocycles. The van der Waals surface area contributed by atoms with Crippen molar-refractivity contribution in [2.75, 3.05) is 19.7 Å². The van der Waals surface area contributed by atoms with Gasteiger partial charge in [-0.1, -0.05) is 12.1 Å². The first-order chi connectivity index (χ1) is 13.5. The van der Waals surface area contributed by atoms with Crippen LogP contribution in [-0.4, -0.2) is 64.4 Å². The second-order valence-corrected chi connectivity index (χ2v) is 8.02. The van der Waals surface area contributed by atoms with E-state index in [-0.39, 0.29) is 30.9 Å². The third-order valence-corrected chi connectivity index (χ3v) is 6.07. The van der Waals surface area contributed by atoms with Crippen LogP contribution in [0.5, 0.6) is 0 Å². The number of nitrogens with two attached hydrogens (primary N) is 1. The van der Waals surface area contributed by atoms with Crippen molar-refractivity contribution in [2.24, 2.45) is 11.7 Å². The van der Waals surface area contributed by atoms with Gasteiger partial charge in [0, 0.05) is 50.8 Å². The van der Waals surface area contributed by atoms with Crippen molar-refractivity contribution in [2.45, 2.75) is 44.4 Å². The summed E-state index contributed by atoms with van der Waals surface area (Å²) in [4.78, 5) is 40.2. The van der Waals surface area contributed by atoms with Gasteiger partial charge in [-0.3, -0.25) is 24.6 Å². The Morgan fingerprint density at radius 3 is 2.79 bits per heavy atom. The number of imide groups is 1. The third kappa shape index (κ3) is 3.55. The van der Waals surface area contributed by atoms with E-state index in [9.17, 15) is 14.4 Å². The summed E-state index contributed by atoms with van der Waals surface area (Å²) in [5, 5.41) is 11.5. The number of aliphatic hydroxyl groups excluding tert-OH is 1. The van der Waals surface area contributed by atoms with Gasteiger partial charge < -0.3 is 15.7 Å². The van der Waals surface area contributed by atoms with Crippen LogP contribution in [-0.2, 0) is 22.7 Å². The molecule has 1 unspecified atom stereocenters. The van der Waals surface area contributed by atoms with E-state index in [0.717, 1.165) is 24.2 Å². The lowest BCUT2D eigenvalue weighted by Gasteiger charge is -2.29. The Kier molecular flexibility index (Phi) is 5.18. The van der Waals surface area contributed by atoms with E-state index in [1.165, 1.54) is 0 Å². The van der Waals surface area contributed by atoms with Crippen LogP contribution in [0.15, 0.2) is 18.2 Å². The number of amides is 3. The molecule has 3 aliphatic heterocycles. The molecule has 2 saturated heterocycles. The zero-order chi connectivity index (χ0) is 19.8. The molecule has 28 heavy (non-hydrogen) atoms. The first kappa shape index (κ1) is 19.0. The van der Waals surface area contributed by atoms with Crippen LogP contribution >= 0.6 is 0 Å². The number of aliphatic hydroxyl groups is 1. The molecule has 3 aliphatic rings. The lowest BCUT2D eigenvalue weighted by Crippen LogP contribution is -2.52. The highest BCUT2D eigenvalue weighted by Gasteiger charge is 2.39. The molecule has 0 aliphatic carbocycles. The number of benzene rings is 1. The minimum atomic E-state index is -0.586. The van der Waals surface area contributed by atoms with Crippen LogP contribution in [0.25, 0.3) is 0 Å². The minimum Gasteiger partial charge on any atom is -0.396 e. The summed E-state index contributed by atoms with van der Waals surface area (Å²) < 4.78 is 0. The van der Waals surface area contributed by atoms with Gasteiger partial charge in [-0.25, -0.2) is 0 Å². The van der Waals surface area contributed by atoms with E-state index in [1.54, 1.807) is 4.90 Å². The summed E-state index contributed by atoms with van der Waals surface area (Å²) in [5.41, 5.74) is 8.75. The quantitative estimate of drug-likeness (QED) is 0.593. The van der Waals surface area contributed by atoms with Crippen molar-refractivity contribution in [3.63, 3.8) is 0 Å². The van der Waals surface area contributed by atoms with Crippen LogP contribution in [0.3, 0.4) is 0 Å². The number of likely N-dealkylation sites (tertiary alicyclic amines) is 1. The summed E-state index contributed by atoms with van der Waals surface area (Å²) in [5.74, 6) is -0.527. The summed E-state index contributed by atoms with van der Waals surface area (Å²) in [6.45, 7) is 2.87. The van der Waals surface area contributed by atoms with Crippen LogP contribution < -0.4 is 11.1 Å². The van der Waals surface area contributed by atoms with Gasteiger partial charge in [-0.2, -0.15) is 0 Å². The van der Waals surface area contributed by atoms with E-state index < -0.39 is 11.9 Å². The van der Waals surface area contributed by atoms with Crippen molar-refractivity contribution < 1.29 is 19.5 Å². The standard InChI is InChI=1S/C20H26N4O4/c21-16-11-23(9-14(16)5-6-25)8-12-1-2-13-10-24(20(28)15(13)7-12)17-3-4-18(26)22-19(17)27/h1-2,7,14,16-17,25H,3-6,8-11,21H2,(H,22,26,27)/t14-,16-,17?/m1/s1. The molecule has 8 nitrogen and oxygen atoms in total. The Morgan fingerprint density at radius 2 is 2.04 bits per heavy atom.